The lowest BCUT2D eigenvalue weighted by Crippen LogP contribution is -2.63. The maximum absolute atomic E-state index is 12.0. The number of anilines is 1. The van der Waals surface area contributed by atoms with Crippen LogP contribution in [0.5, 0.6) is 5.75 Å². The molecular formula is C20H32IN5O4. The third kappa shape index (κ3) is 9.06. The molecule has 0 saturated carbocycles. The zero-order valence-corrected chi connectivity index (χ0v) is 20.5. The van der Waals surface area contributed by atoms with Crippen LogP contribution in [0.3, 0.4) is 0 Å². The number of halogens is 1. The Bertz CT molecular complexity index is 745. The Morgan fingerprint density at radius 1 is 1.27 bits per heavy atom. The first kappa shape index (κ1) is 25.8. The van der Waals surface area contributed by atoms with E-state index in [0.717, 1.165) is 0 Å². The summed E-state index contributed by atoms with van der Waals surface area (Å²) in [5, 5.41) is 9.16. The molecule has 3 N–H and O–H groups in total. The third-order valence-electron chi connectivity index (χ3n) is 3.92. The number of hydrogen-bond donors (Lipinski definition) is 3. The summed E-state index contributed by atoms with van der Waals surface area (Å²) < 4.78 is 11.0. The lowest BCUT2D eigenvalue weighted by atomic mass is 10.1. The predicted octanol–water partition coefficient (Wildman–Crippen LogP) is 2.43. The number of amides is 2. The first-order valence-corrected chi connectivity index (χ1v) is 9.62. The molecule has 1 saturated heterocycles. The number of likely N-dealkylation sites (tertiary alicyclic amines) is 1. The first-order valence-electron chi connectivity index (χ1n) is 9.62. The number of nitrogens with one attached hydrogen (secondary N) is 3. The second-order valence-electron chi connectivity index (χ2n) is 7.78. The van der Waals surface area contributed by atoms with Crippen LogP contribution in [0.15, 0.2) is 29.3 Å². The molecule has 9 nitrogen and oxygen atoms in total. The predicted molar refractivity (Wildman–Crippen MR) is 128 cm³/mol. The molecule has 2 amide bonds. The van der Waals surface area contributed by atoms with Crippen LogP contribution in [0.4, 0.5) is 10.5 Å². The topological polar surface area (TPSA) is 104 Å². The lowest BCUT2D eigenvalue weighted by Gasteiger charge is -2.40. The van der Waals surface area contributed by atoms with Crippen molar-refractivity contribution in [1.29, 1.82) is 0 Å². The van der Waals surface area contributed by atoms with Gasteiger partial charge in [-0.25, -0.2) is 4.79 Å². The van der Waals surface area contributed by atoms with Crippen molar-refractivity contribution < 1.29 is 19.1 Å². The molecule has 2 rings (SSSR count). The van der Waals surface area contributed by atoms with Crippen LogP contribution in [0.2, 0.25) is 0 Å². The highest BCUT2D eigenvalue weighted by molar-refractivity contribution is 14.0. The van der Waals surface area contributed by atoms with E-state index in [9.17, 15) is 9.59 Å². The lowest BCUT2D eigenvalue weighted by molar-refractivity contribution is -0.114. The van der Waals surface area contributed by atoms with Gasteiger partial charge in [0.2, 0.25) is 5.91 Å². The number of carbonyl (C=O) groups is 2. The highest BCUT2D eigenvalue weighted by Gasteiger charge is 2.34. The molecule has 0 unspecified atom stereocenters. The Kier molecular flexibility index (Phi) is 10.2. The molecule has 0 aromatic heterocycles. The van der Waals surface area contributed by atoms with Crippen LogP contribution in [0.1, 0.15) is 27.7 Å². The van der Waals surface area contributed by atoms with Gasteiger partial charge in [-0.2, -0.15) is 0 Å². The van der Waals surface area contributed by atoms with Crippen LogP contribution in [-0.4, -0.2) is 67.8 Å². The molecule has 1 aliphatic rings. The Labute approximate surface area is 195 Å². The van der Waals surface area contributed by atoms with E-state index in [2.05, 4.69) is 20.9 Å². The zero-order valence-electron chi connectivity index (χ0n) is 18.2. The SMILES string of the molecule is CN=C(NCCOc1cccc(NC(C)=O)c1)NC1CN(C(=O)OC(C)(C)C)C1.I. The number of hydrogen-bond acceptors (Lipinski definition) is 5. The molecule has 0 spiro atoms. The Morgan fingerprint density at radius 2 is 1.97 bits per heavy atom. The van der Waals surface area contributed by atoms with Crippen LogP contribution < -0.4 is 20.7 Å². The Morgan fingerprint density at radius 3 is 2.57 bits per heavy atom. The first-order chi connectivity index (χ1) is 13.7. The van der Waals surface area contributed by atoms with E-state index in [1.54, 1.807) is 24.1 Å². The molecule has 1 fully saturated rings. The minimum atomic E-state index is -0.491. The largest absolute Gasteiger partial charge is 0.492 e. The molecule has 1 heterocycles. The highest BCUT2D eigenvalue weighted by Crippen LogP contribution is 2.17. The molecule has 0 bridgehead atoms. The third-order valence-corrected chi connectivity index (χ3v) is 3.92. The summed E-state index contributed by atoms with van der Waals surface area (Å²) in [4.78, 5) is 28.9. The smallest absolute Gasteiger partial charge is 0.410 e. The van der Waals surface area contributed by atoms with E-state index in [4.69, 9.17) is 9.47 Å². The van der Waals surface area contributed by atoms with Crippen molar-refractivity contribution in [2.24, 2.45) is 4.99 Å². The van der Waals surface area contributed by atoms with Gasteiger partial charge >= 0.3 is 6.09 Å². The average Bonchev–Trinajstić information content (AvgIpc) is 2.57. The quantitative estimate of drug-likeness (QED) is 0.225. The number of benzene rings is 1. The van der Waals surface area contributed by atoms with Gasteiger partial charge < -0.3 is 30.3 Å². The maximum Gasteiger partial charge on any atom is 0.410 e. The zero-order chi connectivity index (χ0) is 21.4. The van der Waals surface area contributed by atoms with E-state index in [1.165, 1.54) is 6.92 Å². The summed E-state index contributed by atoms with van der Waals surface area (Å²) in [6.45, 7) is 9.14. The van der Waals surface area contributed by atoms with Crippen LogP contribution in [0.25, 0.3) is 0 Å². The van der Waals surface area contributed by atoms with Crippen molar-refractivity contribution in [2.45, 2.75) is 39.3 Å². The van der Waals surface area contributed by atoms with Gasteiger partial charge in [0.05, 0.1) is 12.6 Å². The number of aliphatic imine (C=N–C) groups is 1. The van der Waals surface area contributed by atoms with Gasteiger partial charge in [-0.05, 0) is 32.9 Å². The van der Waals surface area contributed by atoms with Gasteiger partial charge in [-0.15, -0.1) is 24.0 Å². The fraction of sp³-hybridized carbons (Fsp3) is 0.550. The van der Waals surface area contributed by atoms with Gasteiger partial charge in [0, 0.05) is 38.8 Å². The number of nitrogens with zero attached hydrogens (tertiary/aromatic N) is 2. The van der Waals surface area contributed by atoms with Crippen LogP contribution in [-0.2, 0) is 9.53 Å². The summed E-state index contributed by atoms with van der Waals surface area (Å²) in [6, 6.07) is 7.36. The maximum atomic E-state index is 12.0. The second kappa shape index (κ2) is 11.8. The van der Waals surface area contributed by atoms with E-state index in [1.807, 2.05) is 32.9 Å². The van der Waals surface area contributed by atoms with E-state index in [0.29, 0.717) is 43.6 Å². The van der Waals surface area contributed by atoms with Crippen molar-refractivity contribution >= 4 is 47.6 Å². The van der Waals surface area contributed by atoms with E-state index < -0.39 is 5.60 Å². The molecule has 0 atom stereocenters. The molecule has 168 valence electrons. The molecule has 10 heteroatoms. The minimum Gasteiger partial charge on any atom is -0.492 e. The van der Waals surface area contributed by atoms with Crippen molar-refractivity contribution in [3.05, 3.63) is 24.3 Å². The number of carbonyl (C=O) groups excluding carboxylic acids is 2. The number of guanidine groups is 1. The summed E-state index contributed by atoms with van der Waals surface area (Å²) in [6.07, 6.45) is -0.298. The molecule has 1 aromatic rings. The van der Waals surface area contributed by atoms with E-state index in [-0.39, 0.29) is 42.0 Å². The molecular weight excluding hydrogens is 501 g/mol. The van der Waals surface area contributed by atoms with Crippen LogP contribution >= 0.6 is 24.0 Å². The number of rotatable bonds is 6. The van der Waals surface area contributed by atoms with Crippen molar-refractivity contribution in [1.82, 2.24) is 15.5 Å². The summed E-state index contributed by atoms with van der Waals surface area (Å²) in [7, 11) is 1.69. The molecule has 0 radical (unpaired) electrons. The minimum absolute atomic E-state index is 0. The van der Waals surface area contributed by atoms with Crippen LogP contribution in [0, 0.1) is 0 Å². The Hall–Kier alpha value is -2.24. The summed E-state index contributed by atoms with van der Waals surface area (Å²) in [5.74, 6) is 1.20. The highest BCUT2D eigenvalue weighted by atomic mass is 127. The summed E-state index contributed by atoms with van der Waals surface area (Å²) in [5.41, 5.74) is 0.203. The molecule has 1 aliphatic heterocycles. The second-order valence-corrected chi connectivity index (χ2v) is 7.78. The van der Waals surface area contributed by atoms with Gasteiger partial charge in [-0.3, -0.25) is 9.79 Å². The molecule has 30 heavy (non-hydrogen) atoms. The standard InChI is InChI=1S/C20H31N5O4.HI/c1-14(26)23-15-7-6-8-17(11-15)28-10-9-22-18(21-5)24-16-12-25(13-16)19(27)29-20(2,3)4;/h6-8,11,16H,9-10,12-13H2,1-5H3,(H,23,26)(H2,21,22,24);1H. The van der Waals surface area contributed by atoms with Gasteiger partial charge in [0.1, 0.15) is 18.0 Å². The van der Waals surface area contributed by atoms with Crippen molar-refractivity contribution in [2.75, 3.05) is 38.6 Å². The van der Waals surface area contributed by atoms with Gasteiger partial charge in [0.25, 0.3) is 0 Å². The summed E-state index contributed by atoms with van der Waals surface area (Å²) >= 11 is 0. The van der Waals surface area contributed by atoms with Gasteiger partial charge in [-0.1, -0.05) is 6.07 Å². The van der Waals surface area contributed by atoms with Crippen molar-refractivity contribution in [3.8, 4) is 5.75 Å². The van der Waals surface area contributed by atoms with Crippen molar-refractivity contribution in [3.63, 3.8) is 0 Å². The number of ether oxygens (including phenoxy) is 2. The fourth-order valence-corrected chi connectivity index (χ4v) is 2.64. The van der Waals surface area contributed by atoms with Gasteiger partial charge in [0.15, 0.2) is 5.96 Å². The fourth-order valence-electron chi connectivity index (χ4n) is 2.64. The monoisotopic (exact) mass is 533 g/mol. The normalized spacial score (nSPS) is 14.2. The van der Waals surface area contributed by atoms with E-state index >= 15 is 0 Å². The molecule has 0 aliphatic carbocycles. The Balaban J connectivity index is 0.00000450. The average molecular weight is 533 g/mol. The molecule has 1 aromatic carbocycles.